The number of piperazine rings is 1. The van der Waals surface area contributed by atoms with Crippen molar-refractivity contribution in [1.29, 1.82) is 0 Å². The van der Waals surface area contributed by atoms with E-state index >= 15 is 0 Å². The zero-order valence-corrected chi connectivity index (χ0v) is 20.6. The highest BCUT2D eigenvalue weighted by Gasteiger charge is 2.26. The van der Waals surface area contributed by atoms with Gasteiger partial charge in [0.25, 0.3) is 5.91 Å². The summed E-state index contributed by atoms with van der Waals surface area (Å²) in [4.78, 5) is 28.1. The van der Waals surface area contributed by atoms with Crippen molar-refractivity contribution in [3.63, 3.8) is 0 Å². The minimum absolute atomic E-state index is 0.0108. The van der Waals surface area contributed by atoms with Crippen LogP contribution in [0.15, 0.2) is 65.6 Å². The molecule has 36 heavy (non-hydrogen) atoms. The van der Waals surface area contributed by atoms with Crippen molar-refractivity contribution >= 4 is 33.0 Å². The number of nitrogens with zero attached hydrogens (tertiary/aromatic N) is 2. The molecule has 1 N–H and O–H groups in total. The van der Waals surface area contributed by atoms with Crippen molar-refractivity contribution in [3.05, 3.63) is 77.9 Å². The maximum Gasteiger partial charge on any atom is 0.254 e. The van der Waals surface area contributed by atoms with Crippen LogP contribution in [-0.4, -0.2) is 57.6 Å². The minimum Gasteiger partial charge on any atom is -0.366 e. The topological polar surface area (TPSA) is 86.8 Å². The van der Waals surface area contributed by atoms with E-state index in [0.29, 0.717) is 35.6 Å². The van der Waals surface area contributed by atoms with Gasteiger partial charge in [-0.15, -0.1) is 0 Å². The molecule has 1 aliphatic rings. The second-order valence-corrected chi connectivity index (χ2v) is 10.6. The number of halogens is 2. The van der Waals surface area contributed by atoms with Crippen molar-refractivity contribution in [2.45, 2.75) is 11.8 Å². The summed E-state index contributed by atoms with van der Waals surface area (Å²) in [5, 5.41) is 2.54. The number of sulfone groups is 1. The summed E-state index contributed by atoms with van der Waals surface area (Å²) in [6, 6.07) is 14.4. The molecule has 0 spiro atoms. The van der Waals surface area contributed by atoms with Crippen LogP contribution in [0.3, 0.4) is 0 Å². The lowest BCUT2D eigenvalue weighted by molar-refractivity contribution is -0.114. The molecule has 188 valence electrons. The third-order valence-corrected chi connectivity index (χ3v) is 7.09. The molecule has 7 nitrogen and oxygen atoms in total. The highest BCUT2D eigenvalue weighted by atomic mass is 32.2. The molecule has 1 saturated heterocycles. The van der Waals surface area contributed by atoms with Gasteiger partial charge in [0.2, 0.25) is 5.91 Å². The number of hydrogen-bond acceptors (Lipinski definition) is 5. The monoisotopic (exact) mass is 513 g/mol. The maximum atomic E-state index is 14.7. The lowest BCUT2D eigenvalue weighted by atomic mass is 9.98. The Kier molecular flexibility index (Phi) is 7.07. The Labute approximate surface area is 208 Å². The first-order valence-electron chi connectivity index (χ1n) is 11.2. The maximum absolute atomic E-state index is 14.7. The second kappa shape index (κ2) is 10.1. The molecule has 0 atom stereocenters. The predicted molar refractivity (Wildman–Crippen MR) is 134 cm³/mol. The number of benzene rings is 3. The van der Waals surface area contributed by atoms with Crippen LogP contribution in [0, 0.1) is 11.6 Å². The van der Waals surface area contributed by atoms with E-state index in [1.54, 1.807) is 23.1 Å². The number of carbonyl (C=O) groups excluding carboxylic acids is 2. The van der Waals surface area contributed by atoms with Crippen molar-refractivity contribution < 1.29 is 26.8 Å². The third kappa shape index (κ3) is 5.54. The van der Waals surface area contributed by atoms with E-state index in [1.165, 1.54) is 49.4 Å². The van der Waals surface area contributed by atoms with Crippen LogP contribution in [0.1, 0.15) is 17.3 Å². The van der Waals surface area contributed by atoms with Crippen LogP contribution in [-0.2, 0) is 14.6 Å². The number of nitrogens with one attached hydrogen (secondary N) is 1. The fourth-order valence-corrected chi connectivity index (χ4v) is 4.82. The molecule has 0 unspecified atom stereocenters. The minimum atomic E-state index is -3.56. The van der Waals surface area contributed by atoms with Gasteiger partial charge in [0.15, 0.2) is 9.84 Å². The van der Waals surface area contributed by atoms with Gasteiger partial charge in [0.1, 0.15) is 11.6 Å². The standard InChI is InChI=1S/C26H25F2N3O4S/c1-17(32)29-20-7-10-25(24(28)15-20)30-11-13-31(14-12-30)26(33)23-16-21(36(2,34)35)8-9-22(23)18-3-5-19(27)6-4-18/h3-10,15-16H,11-14H2,1-2H3,(H,29,32). The van der Waals surface area contributed by atoms with Gasteiger partial charge < -0.3 is 15.1 Å². The summed E-state index contributed by atoms with van der Waals surface area (Å²) >= 11 is 0. The summed E-state index contributed by atoms with van der Waals surface area (Å²) in [7, 11) is -3.56. The van der Waals surface area contributed by atoms with Crippen LogP contribution in [0.2, 0.25) is 0 Å². The number of anilines is 2. The van der Waals surface area contributed by atoms with Crippen LogP contribution < -0.4 is 10.2 Å². The Morgan fingerprint density at radius 2 is 1.56 bits per heavy atom. The number of rotatable bonds is 5. The summed E-state index contributed by atoms with van der Waals surface area (Å²) in [5.74, 6) is -1.57. The molecule has 3 aromatic carbocycles. The van der Waals surface area contributed by atoms with Crippen LogP contribution >= 0.6 is 0 Å². The Bertz CT molecular complexity index is 1420. The third-order valence-electron chi connectivity index (χ3n) is 5.98. The van der Waals surface area contributed by atoms with Crippen molar-refractivity contribution in [2.75, 3.05) is 42.7 Å². The first-order valence-corrected chi connectivity index (χ1v) is 13.1. The average Bonchev–Trinajstić information content (AvgIpc) is 2.83. The summed E-state index contributed by atoms with van der Waals surface area (Å²) in [6.07, 6.45) is 1.07. The van der Waals surface area contributed by atoms with Crippen molar-refractivity contribution in [2.24, 2.45) is 0 Å². The van der Waals surface area contributed by atoms with Gasteiger partial charge in [-0.1, -0.05) is 18.2 Å². The fourth-order valence-electron chi connectivity index (χ4n) is 4.18. The van der Waals surface area contributed by atoms with E-state index in [2.05, 4.69) is 5.32 Å². The Hall–Kier alpha value is -3.79. The Morgan fingerprint density at radius 1 is 0.889 bits per heavy atom. The first-order chi connectivity index (χ1) is 17.0. The molecule has 0 bridgehead atoms. The van der Waals surface area contributed by atoms with Gasteiger partial charge in [0, 0.05) is 50.6 Å². The fraction of sp³-hybridized carbons (Fsp3) is 0.231. The van der Waals surface area contributed by atoms with Crippen LogP contribution in [0.25, 0.3) is 11.1 Å². The van der Waals surface area contributed by atoms with E-state index in [9.17, 15) is 26.8 Å². The largest absolute Gasteiger partial charge is 0.366 e. The predicted octanol–water partition coefficient (Wildman–Crippen LogP) is 3.96. The van der Waals surface area contributed by atoms with Gasteiger partial charge in [-0.2, -0.15) is 0 Å². The number of hydrogen-bond donors (Lipinski definition) is 1. The van der Waals surface area contributed by atoms with Gasteiger partial charge in [0.05, 0.1) is 10.6 Å². The molecule has 1 heterocycles. The molecule has 0 aliphatic carbocycles. The molecule has 4 rings (SSSR count). The van der Waals surface area contributed by atoms with Gasteiger partial charge >= 0.3 is 0 Å². The van der Waals surface area contributed by atoms with E-state index in [4.69, 9.17) is 0 Å². The molecule has 1 aliphatic heterocycles. The molecule has 3 aromatic rings. The van der Waals surface area contributed by atoms with Crippen LogP contribution in [0.4, 0.5) is 20.2 Å². The van der Waals surface area contributed by atoms with Gasteiger partial charge in [-0.3, -0.25) is 9.59 Å². The molecule has 0 saturated carbocycles. The summed E-state index contributed by atoms with van der Waals surface area (Å²) in [5.41, 5.74) is 2.00. The molecule has 0 radical (unpaired) electrons. The highest BCUT2D eigenvalue weighted by Crippen LogP contribution is 2.29. The van der Waals surface area contributed by atoms with E-state index in [-0.39, 0.29) is 35.4 Å². The zero-order valence-electron chi connectivity index (χ0n) is 19.8. The second-order valence-electron chi connectivity index (χ2n) is 8.61. The highest BCUT2D eigenvalue weighted by molar-refractivity contribution is 7.90. The lowest BCUT2D eigenvalue weighted by Crippen LogP contribution is -2.49. The normalized spacial score (nSPS) is 14.0. The van der Waals surface area contributed by atoms with Crippen molar-refractivity contribution in [1.82, 2.24) is 4.90 Å². The molecule has 0 aromatic heterocycles. The molecular weight excluding hydrogens is 488 g/mol. The molecular formula is C26H25F2N3O4S. The molecule has 10 heteroatoms. The smallest absolute Gasteiger partial charge is 0.254 e. The molecule has 2 amide bonds. The lowest BCUT2D eigenvalue weighted by Gasteiger charge is -2.36. The summed E-state index contributed by atoms with van der Waals surface area (Å²) in [6.45, 7) is 2.64. The SMILES string of the molecule is CC(=O)Nc1ccc(N2CCN(C(=O)c3cc(S(C)(=O)=O)ccc3-c3ccc(F)cc3)CC2)c(F)c1. The molecule has 1 fully saturated rings. The number of carbonyl (C=O) groups is 2. The van der Waals surface area contributed by atoms with Crippen molar-refractivity contribution in [3.8, 4) is 11.1 Å². The van der Waals surface area contributed by atoms with E-state index in [0.717, 1.165) is 6.26 Å². The Morgan fingerprint density at radius 3 is 2.14 bits per heavy atom. The van der Waals surface area contributed by atoms with E-state index in [1.807, 2.05) is 4.90 Å². The average molecular weight is 514 g/mol. The first kappa shape index (κ1) is 25.3. The summed E-state index contributed by atoms with van der Waals surface area (Å²) < 4.78 is 52.4. The van der Waals surface area contributed by atoms with Gasteiger partial charge in [-0.05, 0) is 53.6 Å². The quantitative estimate of drug-likeness (QED) is 0.558. The van der Waals surface area contributed by atoms with Gasteiger partial charge in [-0.25, -0.2) is 17.2 Å². The Balaban J connectivity index is 1.57. The zero-order chi connectivity index (χ0) is 26.0. The van der Waals surface area contributed by atoms with Crippen LogP contribution in [0.5, 0.6) is 0 Å². The number of amides is 2. The van der Waals surface area contributed by atoms with E-state index < -0.39 is 21.5 Å².